The van der Waals surface area contributed by atoms with Gasteiger partial charge in [0.15, 0.2) is 11.6 Å². The van der Waals surface area contributed by atoms with Crippen molar-refractivity contribution in [1.82, 2.24) is 0 Å². The maximum absolute atomic E-state index is 13.6. The van der Waals surface area contributed by atoms with Gasteiger partial charge in [0, 0.05) is 64.1 Å². The Balaban J connectivity index is 1.20. The van der Waals surface area contributed by atoms with E-state index in [4.69, 9.17) is 9.15 Å². The molecule has 1 N–H and O–H groups in total. The number of anilines is 1. The third-order valence-corrected chi connectivity index (χ3v) is 9.94. The number of hydrogen-bond acceptors (Lipinski definition) is 7. The molecule has 0 atom stereocenters. The van der Waals surface area contributed by atoms with E-state index in [-0.39, 0.29) is 17.5 Å². The Morgan fingerprint density at radius 1 is 0.804 bits per heavy atom. The average molecular weight is 689 g/mol. The Morgan fingerprint density at radius 2 is 1.51 bits per heavy atom. The van der Waals surface area contributed by atoms with Gasteiger partial charge in [-0.15, -0.1) is 0 Å². The summed E-state index contributed by atoms with van der Waals surface area (Å²) in [6.07, 6.45) is 10.4. The number of carbonyl (C=O) groups is 3. The first kappa shape index (κ1) is 37.5. The van der Waals surface area contributed by atoms with Crippen LogP contribution in [-0.4, -0.2) is 37.2 Å². The Hall–Kier alpha value is -4.78. The highest BCUT2D eigenvalue weighted by Crippen LogP contribution is 2.43. The van der Waals surface area contributed by atoms with Gasteiger partial charge >= 0.3 is 5.97 Å². The quantitative estimate of drug-likeness (QED) is 0.0545. The molecular weight excluding hydrogens is 636 g/mol. The summed E-state index contributed by atoms with van der Waals surface area (Å²) >= 11 is 0. The van der Waals surface area contributed by atoms with Gasteiger partial charge in [-0.25, -0.2) is 4.79 Å². The summed E-state index contributed by atoms with van der Waals surface area (Å²) in [6.45, 7) is 13.6. The first-order valence-corrected chi connectivity index (χ1v) is 18.6. The van der Waals surface area contributed by atoms with E-state index < -0.39 is 0 Å². The summed E-state index contributed by atoms with van der Waals surface area (Å²) in [5.41, 5.74) is 8.96. The van der Waals surface area contributed by atoms with Gasteiger partial charge in [-0.1, -0.05) is 56.7 Å². The number of nitrogens with one attached hydrogen (secondary N) is 1. The van der Waals surface area contributed by atoms with Crippen molar-refractivity contribution in [1.29, 1.82) is 0 Å². The molecule has 2 aliphatic carbocycles. The van der Waals surface area contributed by atoms with Crippen LogP contribution in [0.4, 0.5) is 5.69 Å². The first-order valence-electron chi connectivity index (χ1n) is 18.6. The maximum Gasteiger partial charge on any atom is 0.338 e. The molecule has 1 heterocycles. The van der Waals surface area contributed by atoms with Crippen LogP contribution in [0.2, 0.25) is 0 Å². The molecule has 0 amide bonds. The van der Waals surface area contributed by atoms with Crippen molar-refractivity contribution < 1.29 is 23.5 Å². The number of hydrogen-bond donors (Lipinski definition) is 1. The SMILES string of the molecule is CC/N=c1/cc2oc3cc(NCC)c(C)cc3c(-c3ccccc3C(=O)OCCCCCCCCCCC3=CC(=O)C(C)=C(C)C3=O)c-2cc1C. The Morgan fingerprint density at radius 3 is 2.24 bits per heavy atom. The number of allylic oxidation sites excluding steroid dienone is 4. The van der Waals surface area contributed by atoms with E-state index in [9.17, 15) is 14.4 Å². The van der Waals surface area contributed by atoms with Crippen LogP contribution < -0.4 is 10.7 Å². The molecule has 268 valence electrons. The zero-order valence-corrected chi connectivity index (χ0v) is 31.2. The number of Topliss-reactive ketones (excluding diaryl/α,β-unsaturated/α-hetero) is 1. The van der Waals surface area contributed by atoms with Crippen molar-refractivity contribution in [2.24, 2.45) is 4.99 Å². The van der Waals surface area contributed by atoms with Crippen LogP contribution in [0.5, 0.6) is 0 Å². The lowest BCUT2D eigenvalue weighted by molar-refractivity contribution is -0.116. The van der Waals surface area contributed by atoms with Crippen LogP contribution >= 0.6 is 0 Å². The molecule has 0 aromatic heterocycles. The Kier molecular flexibility index (Phi) is 12.8. The molecule has 2 aromatic carbocycles. The van der Waals surface area contributed by atoms with Crippen molar-refractivity contribution in [3.05, 3.63) is 93.4 Å². The monoisotopic (exact) mass is 688 g/mol. The number of carbonyl (C=O) groups excluding carboxylic acids is 3. The number of ketones is 2. The Labute approximate surface area is 302 Å². The van der Waals surface area contributed by atoms with Crippen LogP contribution in [0, 0.1) is 13.8 Å². The van der Waals surface area contributed by atoms with Crippen molar-refractivity contribution in [2.75, 3.05) is 25.0 Å². The third kappa shape index (κ3) is 8.76. The molecule has 5 rings (SSSR count). The smallest absolute Gasteiger partial charge is 0.338 e. The minimum Gasteiger partial charge on any atom is -0.462 e. The molecule has 7 nitrogen and oxygen atoms in total. The summed E-state index contributed by atoms with van der Waals surface area (Å²) in [4.78, 5) is 42.8. The number of nitrogens with zero attached hydrogens (tertiary/aromatic N) is 1. The second kappa shape index (κ2) is 17.4. The van der Waals surface area contributed by atoms with Crippen molar-refractivity contribution >= 4 is 34.2 Å². The zero-order valence-electron chi connectivity index (χ0n) is 31.2. The molecule has 0 saturated carbocycles. The number of fused-ring (bicyclic) bond motifs is 2. The van der Waals surface area contributed by atoms with Gasteiger partial charge in [-0.05, 0) is 102 Å². The number of ether oxygens (including phenoxy) is 1. The molecule has 0 spiro atoms. The van der Waals surface area contributed by atoms with E-state index >= 15 is 0 Å². The van der Waals surface area contributed by atoms with Crippen molar-refractivity contribution in [2.45, 2.75) is 99.3 Å². The highest BCUT2D eigenvalue weighted by molar-refractivity contribution is 6.22. The van der Waals surface area contributed by atoms with Gasteiger partial charge < -0.3 is 14.5 Å². The fourth-order valence-corrected chi connectivity index (χ4v) is 6.91. The summed E-state index contributed by atoms with van der Waals surface area (Å²) < 4.78 is 12.4. The average Bonchev–Trinajstić information content (AvgIpc) is 3.12. The van der Waals surface area contributed by atoms with Crippen LogP contribution in [0.3, 0.4) is 0 Å². The topological polar surface area (TPSA) is 98.0 Å². The van der Waals surface area contributed by atoms with E-state index in [1.807, 2.05) is 37.3 Å². The van der Waals surface area contributed by atoms with E-state index in [1.165, 1.54) is 6.08 Å². The summed E-state index contributed by atoms with van der Waals surface area (Å²) in [5, 5.41) is 5.28. The third-order valence-electron chi connectivity index (χ3n) is 9.94. The second-order valence-electron chi connectivity index (χ2n) is 13.7. The van der Waals surface area contributed by atoms with Gasteiger partial charge in [0.1, 0.15) is 11.3 Å². The van der Waals surface area contributed by atoms with Gasteiger partial charge in [0.2, 0.25) is 0 Å². The van der Waals surface area contributed by atoms with Gasteiger partial charge in [-0.2, -0.15) is 0 Å². The molecule has 51 heavy (non-hydrogen) atoms. The molecule has 3 aliphatic rings. The molecule has 0 radical (unpaired) electrons. The summed E-state index contributed by atoms with van der Waals surface area (Å²) in [5.74, 6) is 0.391. The number of rotatable bonds is 16. The van der Waals surface area contributed by atoms with Crippen LogP contribution in [0.25, 0.3) is 33.4 Å². The van der Waals surface area contributed by atoms with Crippen LogP contribution in [-0.2, 0) is 14.3 Å². The minimum absolute atomic E-state index is 0.0238. The number of esters is 1. The molecule has 0 bridgehead atoms. The van der Waals surface area contributed by atoms with Crippen LogP contribution in [0.15, 0.2) is 80.7 Å². The largest absolute Gasteiger partial charge is 0.462 e. The van der Waals surface area contributed by atoms with Gasteiger partial charge in [-0.3, -0.25) is 14.6 Å². The predicted octanol–water partition coefficient (Wildman–Crippen LogP) is 10.3. The highest BCUT2D eigenvalue weighted by atomic mass is 16.5. The van der Waals surface area contributed by atoms with E-state index in [0.29, 0.717) is 41.9 Å². The summed E-state index contributed by atoms with van der Waals surface area (Å²) in [7, 11) is 0. The van der Waals surface area contributed by atoms with Gasteiger partial charge in [0.05, 0.1) is 17.5 Å². The van der Waals surface area contributed by atoms with E-state index in [0.717, 1.165) is 114 Å². The molecular formula is C44H52N2O5. The second-order valence-corrected chi connectivity index (χ2v) is 13.7. The zero-order chi connectivity index (χ0) is 36.5. The highest BCUT2D eigenvalue weighted by Gasteiger charge is 2.24. The lowest BCUT2D eigenvalue weighted by Crippen LogP contribution is -2.16. The van der Waals surface area contributed by atoms with E-state index in [1.54, 1.807) is 13.8 Å². The number of unbranched alkanes of at least 4 members (excludes halogenated alkanes) is 7. The predicted molar refractivity (Wildman–Crippen MR) is 206 cm³/mol. The summed E-state index contributed by atoms with van der Waals surface area (Å²) in [6, 6.07) is 16.0. The number of benzene rings is 3. The Bertz CT molecular complexity index is 2030. The fraction of sp³-hybridized carbons (Fsp3) is 0.409. The van der Waals surface area contributed by atoms with Crippen molar-refractivity contribution in [3.63, 3.8) is 0 Å². The normalized spacial score (nSPS) is 13.8. The first-order chi connectivity index (χ1) is 24.6. The minimum atomic E-state index is -0.322. The molecule has 1 aliphatic heterocycles. The number of aryl methyl sites for hydroxylation is 2. The lowest BCUT2D eigenvalue weighted by Gasteiger charge is -2.20. The standard InChI is InChI=1S/C44H52N2O5/c1-7-45-37-26-40-35(23-28(37)3)42(36-24-29(4)38(46-8-2)27-41(36)51-40)33-20-16-17-21-34(33)44(49)50-22-18-14-12-10-9-11-13-15-19-32-25-39(47)30(5)31(6)43(32)48/h16-17,20-21,23-27,45H,7-15,18-19,22H2,1-6H3/b46-38-. The fourth-order valence-electron chi connectivity index (χ4n) is 6.91. The molecule has 0 saturated heterocycles. The molecule has 2 aromatic rings. The van der Waals surface area contributed by atoms with Gasteiger partial charge in [0.25, 0.3) is 0 Å². The van der Waals surface area contributed by atoms with Crippen LogP contribution in [0.1, 0.15) is 107 Å². The maximum atomic E-state index is 13.6. The molecule has 0 fully saturated rings. The van der Waals surface area contributed by atoms with E-state index in [2.05, 4.69) is 49.3 Å². The van der Waals surface area contributed by atoms with Crippen molar-refractivity contribution in [3.8, 4) is 22.5 Å². The molecule has 7 heteroatoms. The molecule has 0 unspecified atom stereocenters. The lowest BCUT2D eigenvalue weighted by atomic mass is 9.88.